The van der Waals surface area contributed by atoms with E-state index in [2.05, 4.69) is 44.2 Å². The maximum Gasteiger partial charge on any atom is 0.244 e. The molecule has 1 aliphatic heterocycles. The van der Waals surface area contributed by atoms with E-state index in [4.69, 9.17) is 9.98 Å². The van der Waals surface area contributed by atoms with Gasteiger partial charge in [-0.3, -0.25) is 0 Å². The first-order valence-corrected chi connectivity index (χ1v) is 18.8. The van der Waals surface area contributed by atoms with Crippen molar-refractivity contribution >= 4 is 12.4 Å². The highest BCUT2D eigenvalue weighted by molar-refractivity contribution is 6.18. The molecule has 42 heavy (non-hydrogen) atoms. The van der Waals surface area contributed by atoms with Gasteiger partial charge in [-0.05, 0) is 30.7 Å². The standard InChI is InChI=1S/C40H69N2/c1-3-5-7-9-11-13-14-15-16-17-18-20-21-23-28-32-38(36-37-30-26-25-27-31-37)39(40-41-34-35-42-40)33-29-24-22-19-12-10-8-6-4-2/h25-27,30-31,34-35,38-39H,3-24,28-29,32-33,36H2,1-2H3/q+1. The van der Waals surface area contributed by atoms with Crippen LogP contribution in [-0.4, -0.2) is 12.4 Å². The Bertz CT molecular complexity index is 742. The molecule has 0 aliphatic carbocycles. The molecule has 0 fully saturated rings. The number of aliphatic imine (C=N–C) groups is 2. The molecular formula is C40H69N2+. The molecule has 0 aromatic heterocycles. The Labute approximate surface area is 263 Å². The lowest BCUT2D eigenvalue weighted by atomic mass is 9.78. The Morgan fingerprint density at radius 3 is 1.29 bits per heavy atom. The van der Waals surface area contributed by atoms with Gasteiger partial charge in [-0.1, -0.05) is 208 Å². The van der Waals surface area contributed by atoms with Gasteiger partial charge in [0.2, 0.25) is 6.17 Å². The van der Waals surface area contributed by atoms with E-state index in [0.717, 1.165) is 12.6 Å². The number of unbranched alkanes of at least 4 members (excludes halogenated alkanes) is 22. The Balaban J connectivity index is 1.68. The number of nitrogens with zero attached hydrogens (tertiary/aromatic N) is 2. The van der Waals surface area contributed by atoms with E-state index in [1.54, 1.807) is 0 Å². The van der Waals surface area contributed by atoms with Crippen LogP contribution < -0.4 is 0 Å². The third-order valence-corrected chi connectivity index (χ3v) is 9.52. The van der Waals surface area contributed by atoms with Crippen LogP contribution in [0.1, 0.15) is 186 Å². The maximum atomic E-state index is 4.75. The van der Waals surface area contributed by atoms with Gasteiger partial charge in [0.25, 0.3) is 0 Å². The smallest absolute Gasteiger partial charge is 0.0965 e. The fraction of sp³-hybridized carbons (Fsp3) is 0.775. The van der Waals surface area contributed by atoms with Crippen molar-refractivity contribution in [1.29, 1.82) is 0 Å². The van der Waals surface area contributed by atoms with Crippen LogP contribution in [0.5, 0.6) is 0 Å². The van der Waals surface area contributed by atoms with Crippen LogP contribution in [0.2, 0.25) is 0 Å². The molecule has 238 valence electrons. The summed E-state index contributed by atoms with van der Waals surface area (Å²) < 4.78 is 0. The molecule has 1 aliphatic rings. The first-order chi connectivity index (χ1) is 20.8. The zero-order valence-corrected chi connectivity index (χ0v) is 28.2. The van der Waals surface area contributed by atoms with Gasteiger partial charge in [0.15, 0.2) is 12.4 Å². The molecule has 1 aromatic rings. The molecular weight excluding hydrogens is 508 g/mol. The van der Waals surface area contributed by atoms with Crippen molar-refractivity contribution in [1.82, 2.24) is 0 Å². The highest BCUT2D eigenvalue weighted by Gasteiger charge is 2.35. The molecule has 2 unspecified atom stereocenters. The molecule has 2 atom stereocenters. The van der Waals surface area contributed by atoms with Crippen molar-refractivity contribution in [3.63, 3.8) is 0 Å². The summed E-state index contributed by atoms with van der Waals surface area (Å²) in [4.78, 5) is 9.49. The molecule has 0 saturated heterocycles. The van der Waals surface area contributed by atoms with Crippen molar-refractivity contribution < 1.29 is 0 Å². The molecule has 1 heterocycles. The zero-order valence-electron chi connectivity index (χ0n) is 28.2. The summed E-state index contributed by atoms with van der Waals surface area (Å²) in [6.45, 7) is 4.61. The lowest BCUT2D eigenvalue weighted by molar-refractivity contribution is 0.284. The second-order valence-electron chi connectivity index (χ2n) is 13.3. The minimum Gasteiger partial charge on any atom is -0.0965 e. The minimum absolute atomic E-state index is 0.497. The summed E-state index contributed by atoms with van der Waals surface area (Å²) in [5, 5.41) is 0. The number of hydrogen-bond donors (Lipinski definition) is 0. The van der Waals surface area contributed by atoms with Crippen LogP contribution in [0.4, 0.5) is 0 Å². The predicted octanol–water partition coefficient (Wildman–Crippen LogP) is 13.3. The number of benzene rings is 1. The van der Waals surface area contributed by atoms with Crippen molar-refractivity contribution in [3.8, 4) is 0 Å². The van der Waals surface area contributed by atoms with Gasteiger partial charge in [-0.25, -0.2) is 0 Å². The summed E-state index contributed by atoms with van der Waals surface area (Å²) in [7, 11) is 0. The highest BCUT2D eigenvalue weighted by atomic mass is 15.0. The van der Waals surface area contributed by atoms with Crippen molar-refractivity contribution in [2.75, 3.05) is 0 Å². The number of hydrogen-bond acceptors (Lipinski definition) is 2. The second-order valence-corrected chi connectivity index (χ2v) is 13.3. The first-order valence-electron chi connectivity index (χ1n) is 18.8. The summed E-state index contributed by atoms with van der Waals surface area (Å²) >= 11 is 0. The largest absolute Gasteiger partial charge is 0.244 e. The molecule has 0 saturated carbocycles. The van der Waals surface area contributed by atoms with Gasteiger partial charge < -0.3 is 0 Å². The quantitative estimate of drug-likeness (QED) is 0.0641. The zero-order chi connectivity index (χ0) is 29.8. The van der Waals surface area contributed by atoms with Crippen LogP contribution in [0.25, 0.3) is 0 Å². The van der Waals surface area contributed by atoms with E-state index in [1.165, 1.54) is 173 Å². The topological polar surface area (TPSA) is 24.7 Å². The van der Waals surface area contributed by atoms with Crippen molar-refractivity contribution in [2.45, 2.75) is 187 Å². The average molecular weight is 578 g/mol. The highest BCUT2D eigenvalue weighted by Crippen LogP contribution is 2.37. The Hall–Kier alpha value is -1.57. The predicted molar refractivity (Wildman–Crippen MR) is 189 cm³/mol. The maximum absolute atomic E-state index is 4.75. The molecule has 0 N–H and O–H groups in total. The van der Waals surface area contributed by atoms with Crippen LogP contribution in [0.15, 0.2) is 40.3 Å². The second kappa shape index (κ2) is 27.0. The minimum atomic E-state index is 0.497. The van der Waals surface area contributed by atoms with Gasteiger partial charge in [0.1, 0.15) is 0 Å². The van der Waals surface area contributed by atoms with E-state index < -0.39 is 0 Å². The van der Waals surface area contributed by atoms with E-state index in [9.17, 15) is 0 Å². The summed E-state index contributed by atoms with van der Waals surface area (Å²) in [6.07, 6.45) is 42.6. The van der Waals surface area contributed by atoms with Gasteiger partial charge >= 0.3 is 0 Å². The van der Waals surface area contributed by atoms with Crippen LogP contribution >= 0.6 is 0 Å². The fourth-order valence-corrected chi connectivity index (χ4v) is 6.83. The Kier molecular flexibility index (Phi) is 23.6. The third kappa shape index (κ3) is 18.9. The fourth-order valence-electron chi connectivity index (χ4n) is 6.83. The van der Waals surface area contributed by atoms with Gasteiger partial charge in [-0.15, -0.1) is 0 Å². The SMILES string of the molecule is CCCCCCCCCCCCCCCCCC(Cc1ccccc1)C(CCCCCCCCCCC)[C+]1N=CC=N1. The molecule has 2 nitrogen and oxygen atoms in total. The molecule has 2 rings (SSSR count). The van der Waals surface area contributed by atoms with Crippen LogP contribution in [0.3, 0.4) is 0 Å². The van der Waals surface area contributed by atoms with Crippen LogP contribution in [0, 0.1) is 18.0 Å². The molecule has 0 amide bonds. The average Bonchev–Trinajstić information content (AvgIpc) is 3.55. The number of rotatable bonds is 30. The summed E-state index contributed by atoms with van der Waals surface area (Å²) in [6, 6.07) is 11.2. The molecule has 0 bridgehead atoms. The Morgan fingerprint density at radius 2 is 0.857 bits per heavy atom. The lowest BCUT2D eigenvalue weighted by Gasteiger charge is -2.26. The summed E-state index contributed by atoms with van der Waals surface area (Å²) in [5.74, 6) is 1.14. The molecule has 0 radical (unpaired) electrons. The lowest BCUT2D eigenvalue weighted by Crippen LogP contribution is -2.22. The summed E-state index contributed by atoms with van der Waals surface area (Å²) in [5.41, 5.74) is 1.48. The normalized spacial score (nSPS) is 14.2. The van der Waals surface area contributed by atoms with Crippen molar-refractivity contribution in [2.24, 2.45) is 21.8 Å². The van der Waals surface area contributed by atoms with Gasteiger partial charge in [0.05, 0.1) is 5.92 Å². The van der Waals surface area contributed by atoms with Gasteiger partial charge in [0, 0.05) is 0 Å². The first kappa shape index (κ1) is 36.6. The van der Waals surface area contributed by atoms with E-state index >= 15 is 0 Å². The van der Waals surface area contributed by atoms with E-state index in [0.29, 0.717) is 11.8 Å². The van der Waals surface area contributed by atoms with Crippen LogP contribution in [-0.2, 0) is 6.42 Å². The molecule has 1 aromatic carbocycles. The molecule has 0 spiro atoms. The Morgan fingerprint density at radius 1 is 0.476 bits per heavy atom. The van der Waals surface area contributed by atoms with Gasteiger partial charge in [-0.2, -0.15) is 0 Å². The van der Waals surface area contributed by atoms with Crippen molar-refractivity contribution in [3.05, 3.63) is 42.1 Å². The monoisotopic (exact) mass is 578 g/mol. The van der Waals surface area contributed by atoms with E-state index in [1.807, 2.05) is 12.4 Å². The van der Waals surface area contributed by atoms with E-state index in [-0.39, 0.29) is 0 Å². The third-order valence-electron chi connectivity index (χ3n) is 9.52. The molecule has 2 heteroatoms.